The second kappa shape index (κ2) is 17.3. The summed E-state index contributed by atoms with van der Waals surface area (Å²) in [7, 11) is 0. The maximum atomic E-state index is 13.0. The fourth-order valence-corrected chi connectivity index (χ4v) is 3.48. The predicted octanol–water partition coefficient (Wildman–Crippen LogP) is -1.36. The molecule has 0 aromatic heterocycles. The molecule has 196 valence electrons. The zero-order valence-electron chi connectivity index (χ0n) is 20.0. The van der Waals surface area contributed by atoms with Crippen LogP contribution in [0, 0.1) is 5.92 Å². The molecular weight excluding hydrogens is 482 g/mol. The van der Waals surface area contributed by atoms with Crippen molar-refractivity contribution in [3.8, 4) is 0 Å². The van der Waals surface area contributed by atoms with E-state index >= 15 is 0 Å². The quantitative estimate of drug-likeness (QED) is 0.0490. The molecule has 0 saturated heterocycles. The van der Waals surface area contributed by atoms with E-state index in [9.17, 15) is 24.3 Å². The highest BCUT2D eigenvalue weighted by Crippen LogP contribution is 2.11. The van der Waals surface area contributed by atoms with E-state index in [0.29, 0.717) is 25.0 Å². The van der Waals surface area contributed by atoms with Gasteiger partial charge in [0, 0.05) is 12.3 Å². The molecule has 0 spiro atoms. The van der Waals surface area contributed by atoms with E-state index in [4.69, 9.17) is 17.2 Å². The van der Waals surface area contributed by atoms with Crippen molar-refractivity contribution in [2.24, 2.45) is 28.1 Å². The first kappa shape index (κ1) is 31.8. The normalized spacial score (nSPS) is 15.2. The van der Waals surface area contributed by atoms with E-state index in [2.05, 4.69) is 33.6 Å². The molecule has 0 radical (unpaired) electrons. The lowest BCUT2D eigenvalue weighted by molar-refractivity contribution is -0.142. The van der Waals surface area contributed by atoms with Crippen LogP contribution in [0.4, 0.5) is 0 Å². The molecular formula is C20H39N7O5S2. The Balaban J connectivity index is 5.42. The number of aliphatic imine (C=N–C) groups is 1. The van der Waals surface area contributed by atoms with E-state index in [0.717, 1.165) is 0 Å². The highest BCUT2D eigenvalue weighted by atomic mass is 32.2. The van der Waals surface area contributed by atoms with Crippen LogP contribution in [0.15, 0.2) is 4.99 Å². The molecule has 0 heterocycles. The maximum Gasteiger partial charge on any atom is 0.326 e. The third kappa shape index (κ3) is 12.3. The maximum absolute atomic E-state index is 13.0. The van der Waals surface area contributed by atoms with Crippen LogP contribution in [0.3, 0.4) is 0 Å². The van der Waals surface area contributed by atoms with E-state index in [1.807, 2.05) is 13.2 Å². The van der Waals surface area contributed by atoms with Crippen molar-refractivity contribution in [1.82, 2.24) is 16.0 Å². The van der Waals surface area contributed by atoms with E-state index < -0.39 is 47.9 Å². The highest BCUT2D eigenvalue weighted by Gasteiger charge is 2.32. The van der Waals surface area contributed by atoms with Crippen molar-refractivity contribution in [3.05, 3.63) is 0 Å². The predicted molar refractivity (Wildman–Crippen MR) is 138 cm³/mol. The van der Waals surface area contributed by atoms with Gasteiger partial charge < -0.3 is 38.3 Å². The third-order valence-corrected chi connectivity index (χ3v) is 6.17. The van der Waals surface area contributed by atoms with Gasteiger partial charge in [-0.1, -0.05) is 20.3 Å². The minimum atomic E-state index is -1.21. The standard InChI is InChI=1S/C20H39N7O5S2/c1-4-11(2)15(18(30)26-14(19(31)32)6-5-8-24-20(22)23)27-17(29)13(7-9-34-3)25-16(28)12(21)10-33/h11-15,33H,4-10,21H2,1-3H3,(H,25,28)(H,26,30)(H,27,29)(H,31,32)(H4,22,23,24). The Morgan fingerprint density at radius 3 is 2.15 bits per heavy atom. The Morgan fingerprint density at radius 2 is 1.65 bits per heavy atom. The minimum Gasteiger partial charge on any atom is -0.480 e. The van der Waals surface area contributed by atoms with Gasteiger partial charge in [0.25, 0.3) is 0 Å². The van der Waals surface area contributed by atoms with Gasteiger partial charge in [0.05, 0.1) is 6.04 Å². The first-order valence-electron chi connectivity index (χ1n) is 11.0. The van der Waals surface area contributed by atoms with Crippen molar-refractivity contribution < 1.29 is 24.3 Å². The number of rotatable bonds is 17. The van der Waals surface area contributed by atoms with E-state index in [1.165, 1.54) is 11.8 Å². The van der Waals surface area contributed by atoms with Crippen LogP contribution in [0.1, 0.15) is 39.5 Å². The molecule has 5 unspecified atom stereocenters. The fourth-order valence-electron chi connectivity index (χ4n) is 2.84. The van der Waals surface area contributed by atoms with Crippen molar-refractivity contribution >= 4 is 54.0 Å². The lowest BCUT2D eigenvalue weighted by atomic mass is 9.97. The molecule has 3 amide bonds. The number of thiol groups is 1. The Hall–Kier alpha value is -2.19. The van der Waals surface area contributed by atoms with Gasteiger partial charge in [0.2, 0.25) is 17.7 Å². The number of amides is 3. The second-order valence-corrected chi connectivity index (χ2v) is 9.20. The topological polar surface area (TPSA) is 215 Å². The summed E-state index contributed by atoms with van der Waals surface area (Å²) in [6, 6.07) is -3.95. The number of carbonyl (C=O) groups excluding carboxylic acids is 3. The molecule has 0 saturated carbocycles. The Labute approximate surface area is 210 Å². The van der Waals surface area contributed by atoms with Gasteiger partial charge in [-0.05, 0) is 37.2 Å². The summed E-state index contributed by atoms with van der Waals surface area (Å²) >= 11 is 5.50. The number of hydrogen-bond donors (Lipinski definition) is 8. The Kier molecular flexibility index (Phi) is 16.2. The summed E-state index contributed by atoms with van der Waals surface area (Å²) in [6.07, 6.45) is 3.18. The summed E-state index contributed by atoms with van der Waals surface area (Å²) in [6.45, 7) is 3.84. The van der Waals surface area contributed by atoms with Gasteiger partial charge in [-0.3, -0.25) is 19.4 Å². The van der Waals surface area contributed by atoms with Gasteiger partial charge in [0.1, 0.15) is 18.1 Å². The average Bonchev–Trinajstić information content (AvgIpc) is 2.79. The van der Waals surface area contributed by atoms with Gasteiger partial charge in [-0.2, -0.15) is 24.4 Å². The van der Waals surface area contributed by atoms with Gasteiger partial charge >= 0.3 is 5.97 Å². The van der Waals surface area contributed by atoms with E-state index in [-0.39, 0.29) is 30.6 Å². The van der Waals surface area contributed by atoms with Crippen LogP contribution in [0.2, 0.25) is 0 Å². The monoisotopic (exact) mass is 521 g/mol. The van der Waals surface area contributed by atoms with Gasteiger partial charge in [-0.15, -0.1) is 0 Å². The number of thioether (sulfide) groups is 1. The summed E-state index contributed by atoms with van der Waals surface area (Å²) in [5, 5.41) is 17.3. The molecule has 0 aliphatic heterocycles. The third-order valence-electron chi connectivity index (χ3n) is 5.13. The first-order chi connectivity index (χ1) is 16.0. The largest absolute Gasteiger partial charge is 0.480 e. The number of nitrogens with zero attached hydrogens (tertiary/aromatic N) is 1. The van der Waals surface area contributed by atoms with Gasteiger partial charge in [-0.25, -0.2) is 4.79 Å². The molecule has 14 heteroatoms. The molecule has 10 N–H and O–H groups in total. The van der Waals surface area contributed by atoms with Crippen molar-refractivity contribution in [2.45, 2.75) is 63.7 Å². The Morgan fingerprint density at radius 1 is 1.03 bits per heavy atom. The second-order valence-electron chi connectivity index (χ2n) is 7.85. The highest BCUT2D eigenvalue weighted by molar-refractivity contribution is 7.98. The number of hydrogen-bond acceptors (Lipinski definition) is 8. The molecule has 0 rings (SSSR count). The number of nitrogens with one attached hydrogen (secondary N) is 3. The number of carbonyl (C=O) groups is 4. The van der Waals surface area contributed by atoms with Crippen LogP contribution in [0.5, 0.6) is 0 Å². The van der Waals surface area contributed by atoms with Crippen molar-refractivity contribution in [1.29, 1.82) is 0 Å². The first-order valence-corrected chi connectivity index (χ1v) is 13.1. The molecule has 5 atom stereocenters. The number of guanidine groups is 1. The zero-order chi connectivity index (χ0) is 26.3. The Bertz CT molecular complexity index is 707. The fraction of sp³-hybridized carbons (Fsp3) is 0.750. The number of aliphatic carboxylic acids is 1. The molecule has 34 heavy (non-hydrogen) atoms. The number of carboxylic acid groups (broad SMARTS) is 1. The molecule has 0 fully saturated rings. The van der Waals surface area contributed by atoms with E-state index in [1.54, 1.807) is 6.92 Å². The summed E-state index contributed by atoms with van der Waals surface area (Å²) in [4.78, 5) is 53.6. The average molecular weight is 522 g/mol. The summed E-state index contributed by atoms with van der Waals surface area (Å²) in [5.74, 6) is -2.60. The zero-order valence-corrected chi connectivity index (χ0v) is 21.7. The number of carboxylic acids is 1. The van der Waals surface area contributed by atoms with Crippen molar-refractivity contribution in [2.75, 3.05) is 24.3 Å². The van der Waals surface area contributed by atoms with Gasteiger partial charge in [0.15, 0.2) is 5.96 Å². The van der Waals surface area contributed by atoms with Crippen molar-refractivity contribution in [3.63, 3.8) is 0 Å². The molecule has 12 nitrogen and oxygen atoms in total. The van der Waals surface area contributed by atoms with Crippen LogP contribution in [-0.4, -0.2) is 83.2 Å². The molecule has 0 aliphatic rings. The molecule has 0 aromatic carbocycles. The van der Waals surface area contributed by atoms with Crippen LogP contribution >= 0.6 is 24.4 Å². The molecule has 0 bridgehead atoms. The molecule has 0 aliphatic carbocycles. The number of nitrogens with two attached hydrogens (primary N) is 3. The molecule has 0 aromatic rings. The van der Waals surface area contributed by atoms with Crippen LogP contribution in [-0.2, 0) is 19.2 Å². The smallest absolute Gasteiger partial charge is 0.326 e. The lowest BCUT2D eigenvalue weighted by Gasteiger charge is -2.28. The SMILES string of the molecule is CCC(C)C(NC(=O)C(CCSC)NC(=O)C(N)CS)C(=O)NC(CCCN=C(N)N)C(=O)O. The van der Waals surface area contributed by atoms with Crippen LogP contribution < -0.4 is 33.2 Å². The lowest BCUT2D eigenvalue weighted by Crippen LogP contribution is -2.58. The van der Waals surface area contributed by atoms with Crippen LogP contribution in [0.25, 0.3) is 0 Å². The minimum absolute atomic E-state index is 0.103. The summed E-state index contributed by atoms with van der Waals surface area (Å²) < 4.78 is 0. The summed E-state index contributed by atoms with van der Waals surface area (Å²) in [5.41, 5.74) is 16.2.